The highest BCUT2D eigenvalue weighted by Crippen LogP contribution is 2.43. The van der Waals surface area contributed by atoms with Crippen LogP contribution in [0.4, 0.5) is 5.69 Å². The van der Waals surface area contributed by atoms with E-state index in [2.05, 4.69) is 4.72 Å². The number of hydrogen-bond acceptors (Lipinski definition) is 9. The number of nitro groups is 1. The van der Waals surface area contributed by atoms with Crippen LogP contribution >= 0.6 is 18.9 Å². The first-order chi connectivity index (χ1) is 14.6. The molecule has 1 unspecified atom stereocenters. The zero-order valence-corrected chi connectivity index (χ0v) is 18.7. The summed E-state index contributed by atoms with van der Waals surface area (Å²) in [5.41, 5.74) is -0.226. The van der Waals surface area contributed by atoms with E-state index in [0.717, 1.165) is 35.6 Å². The number of sulfonamides is 1. The molecule has 31 heavy (non-hydrogen) atoms. The van der Waals surface area contributed by atoms with Crippen LogP contribution in [0.2, 0.25) is 0 Å². The van der Waals surface area contributed by atoms with Crippen LogP contribution in [0.25, 0.3) is 10.1 Å². The molecule has 0 spiro atoms. The lowest BCUT2D eigenvalue weighted by molar-refractivity contribution is -0.384. The Bertz CT molecular complexity index is 1230. The molecule has 0 saturated heterocycles. The van der Waals surface area contributed by atoms with Gasteiger partial charge in [0.15, 0.2) is 0 Å². The highest BCUT2D eigenvalue weighted by Gasteiger charge is 2.27. The van der Waals surface area contributed by atoms with Crippen molar-refractivity contribution in [3.63, 3.8) is 0 Å². The molecule has 1 heterocycles. The molecule has 2 aromatic carbocycles. The number of hydrogen-bond donors (Lipinski definition) is 2. The average Bonchev–Trinajstić information content (AvgIpc) is 3.18. The van der Waals surface area contributed by atoms with E-state index in [0.29, 0.717) is 21.6 Å². The molecule has 0 aliphatic heterocycles. The van der Waals surface area contributed by atoms with Gasteiger partial charge in [-0.25, -0.2) is 13.0 Å². The number of non-ortho nitro benzene ring substituents is 1. The predicted molar refractivity (Wildman–Crippen MR) is 114 cm³/mol. The van der Waals surface area contributed by atoms with Crippen molar-refractivity contribution in [3.05, 3.63) is 52.6 Å². The zero-order chi connectivity index (χ0) is 22.8. The summed E-state index contributed by atoms with van der Waals surface area (Å²) in [6.07, 6.45) is -0.908. The molecule has 166 valence electrons. The molecule has 0 bridgehead atoms. The second kappa shape index (κ2) is 8.81. The minimum absolute atomic E-state index is 0.111. The van der Waals surface area contributed by atoms with Crippen molar-refractivity contribution in [2.75, 3.05) is 20.5 Å². The Morgan fingerprint density at radius 3 is 2.32 bits per heavy atom. The van der Waals surface area contributed by atoms with Crippen LogP contribution in [0.5, 0.6) is 17.2 Å². The van der Waals surface area contributed by atoms with E-state index in [1.54, 1.807) is 12.1 Å². The Morgan fingerprint density at radius 2 is 1.74 bits per heavy atom. The van der Waals surface area contributed by atoms with E-state index in [-0.39, 0.29) is 15.6 Å². The van der Waals surface area contributed by atoms with Gasteiger partial charge in [-0.3, -0.25) is 10.1 Å². The molecular weight excluding hydrogens is 471 g/mol. The van der Waals surface area contributed by atoms with Gasteiger partial charge in [-0.05, 0) is 30.3 Å². The van der Waals surface area contributed by atoms with Crippen LogP contribution in [0.15, 0.2) is 46.7 Å². The molecule has 0 fully saturated rings. The van der Waals surface area contributed by atoms with Crippen LogP contribution in [0.3, 0.4) is 0 Å². The second-order valence-electron chi connectivity index (χ2n) is 6.06. The predicted octanol–water partition coefficient (Wildman–Crippen LogP) is 3.33. The average molecular weight is 488 g/mol. The highest BCUT2D eigenvalue weighted by molar-refractivity contribution is 7.92. The van der Waals surface area contributed by atoms with Crippen LogP contribution in [0.1, 0.15) is 0 Å². The fraction of sp³-hybridized carbons (Fsp3) is 0.176. The van der Waals surface area contributed by atoms with Gasteiger partial charge in [0.2, 0.25) is 0 Å². The molecule has 3 rings (SSSR count). The second-order valence-corrected chi connectivity index (χ2v) is 10.9. The summed E-state index contributed by atoms with van der Waals surface area (Å²) < 4.78 is 55.5. The quantitative estimate of drug-likeness (QED) is 0.262. The standard InChI is InChI=1S/C17H17N2O9PS2/c1-26-14-7-8-15(27-2)17-13(14)9-16(30-17)31(24,25)18-10-29(22,23)28-12-5-3-11(4-6-12)19(20)21/h3-9,18H,10H2,1-2H3,(H,22,23). The summed E-state index contributed by atoms with van der Waals surface area (Å²) in [4.78, 5) is 20.0. The summed E-state index contributed by atoms with van der Waals surface area (Å²) in [5, 5.41) is 11.2. The van der Waals surface area contributed by atoms with Gasteiger partial charge in [0.1, 0.15) is 27.7 Å². The lowest BCUT2D eigenvalue weighted by atomic mass is 10.2. The lowest BCUT2D eigenvalue weighted by Gasteiger charge is -2.13. The van der Waals surface area contributed by atoms with Gasteiger partial charge < -0.3 is 18.9 Å². The van der Waals surface area contributed by atoms with Crippen LogP contribution in [-0.4, -0.2) is 38.7 Å². The van der Waals surface area contributed by atoms with E-state index in [1.807, 2.05) is 0 Å². The third kappa shape index (κ3) is 5.14. The van der Waals surface area contributed by atoms with Crippen molar-refractivity contribution in [3.8, 4) is 17.2 Å². The number of ether oxygens (including phenoxy) is 2. The Labute approximate surface area is 180 Å². The highest BCUT2D eigenvalue weighted by atomic mass is 32.2. The number of fused-ring (bicyclic) bond motifs is 1. The molecule has 14 heteroatoms. The Kier molecular flexibility index (Phi) is 6.53. The van der Waals surface area contributed by atoms with E-state index < -0.39 is 28.8 Å². The largest absolute Gasteiger partial charge is 0.496 e. The van der Waals surface area contributed by atoms with Crippen molar-refractivity contribution in [1.29, 1.82) is 0 Å². The van der Waals surface area contributed by atoms with E-state index in [9.17, 15) is 28.0 Å². The number of rotatable bonds is 9. The van der Waals surface area contributed by atoms with E-state index >= 15 is 0 Å². The van der Waals surface area contributed by atoms with Crippen molar-refractivity contribution >= 4 is 44.7 Å². The first kappa shape index (κ1) is 23.0. The normalized spacial score (nSPS) is 13.5. The molecule has 11 nitrogen and oxygen atoms in total. The van der Waals surface area contributed by atoms with Crippen molar-refractivity contribution in [2.45, 2.75) is 4.21 Å². The monoisotopic (exact) mass is 488 g/mol. The molecular formula is C17H17N2O9PS2. The van der Waals surface area contributed by atoms with E-state index in [4.69, 9.17) is 14.0 Å². The summed E-state index contributed by atoms with van der Waals surface area (Å²) in [6.45, 7) is 0. The van der Waals surface area contributed by atoms with Crippen molar-refractivity contribution < 1.29 is 36.8 Å². The van der Waals surface area contributed by atoms with Crippen LogP contribution < -0.4 is 18.7 Å². The van der Waals surface area contributed by atoms with Crippen molar-refractivity contribution in [2.24, 2.45) is 0 Å². The number of methoxy groups -OCH3 is 2. The summed E-state index contributed by atoms with van der Waals surface area (Å²) in [6, 6.07) is 9.12. The molecule has 3 aromatic rings. The van der Waals surface area contributed by atoms with Gasteiger partial charge in [0.05, 0.1) is 23.8 Å². The first-order valence-electron chi connectivity index (χ1n) is 8.46. The number of benzene rings is 2. The van der Waals surface area contributed by atoms with Crippen molar-refractivity contribution in [1.82, 2.24) is 4.72 Å². The first-order valence-corrected chi connectivity index (χ1v) is 12.5. The maximum atomic E-state index is 12.7. The Morgan fingerprint density at radius 1 is 1.13 bits per heavy atom. The minimum atomic E-state index is -4.44. The summed E-state index contributed by atoms with van der Waals surface area (Å²) >= 11 is 0.912. The molecule has 1 aromatic heterocycles. The third-order valence-electron chi connectivity index (χ3n) is 4.04. The maximum Gasteiger partial charge on any atom is 0.391 e. The SMILES string of the molecule is COc1ccc(OC)c2sc(S(=O)(=O)NCP(=O)(O)Oc3ccc([N+](=O)[O-])cc3)cc12. The van der Waals surface area contributed by atoms with Gasteiger partial charge in [-0.1, -0.05) is 0 Å². The molecule has 1 atom stereocenters. The molecule has 0 aliphatic rings. The number of nitrogens with one attached hydrogen (secondary N) is 1. The number of nitro benzene ring substituents is 1. The van der Waals surface area contributed by atoms with E-state index in [1.165, 1.54) is 20.3 Å². The lowest BCUT2D eigenvalue weighted by Crippen LogP contribution is -2.25. The van der Waals surface area contributed by atoms with Gasteiger partial charge in [0, 0.05) is 17.5 Å². The summed E-state index contributed by atoms with van der Waals surface area (Å²) in [7, 11) is -5.70. The Hall–Kier alpha value is -2.70. The number of nitrogens with zero attached hydrogens (tertiary/aromatic N) is 1. The van der Waals surface area contributed by atoms with Crippen LogP contribution in [0, 0.1) is 10.1 Å². The molecule has 0 aliphatic carbocycles. The summed E-state index contributed by atoms with van der Waals surface area (Å²) in [5.74, 6) is 0.784. The van der Waals surface area contributed by atoms with Crippen LogP contribution in [-0.2, 0) is 14.6 Å². The van der Waals surface area contributed by atoms with Gasteiger partial charge in [-0.2, -0.15) is 4.72 Å². The zero-order valence-electron chi connectivity index (χ0n) is 16.2. The fourth-order valence-corrected chi connectivity index (χ4v) is 6.61. The van der Waals surface area contributed by atoms with Gasteiger partial charge >= 0.3 is 7.60 Å². The third-order valence-corrected chi connectivity index (χ3v) is 8.33. The molecule has 0 amide bonds. The molecule has 0 radical (unpaired) electrons. The maximum absolute atomic E-state index is 12.7. The smallest absolute Gasteiger partial charge is 0.391 e. The van der Waals surface area contributed by atoms with Gasteiger partial charge in [0.25, 0.3) is 15.7 Å². The Balaban J connectivity index is 1.78. The van der Waals surface area contributed by atoms with Gasteiger partial charge in [-0.15, -0.1) is 11.3 Å². The minimum Gasteiger partial charge on any atom is -0.496 e. The number of thiophene rings is 1. The molecule has 0 saturated carbocycles. The molecule has 2 N–H and O–H groups in total. The fourth-order valence-electron chi connectivity index (χ4n) is 2.59. The topological polar surface area (TPSA) is 154 Å².